The van der Waals surface area contributed by atoms with Crippen LogP contribution in [0.15, 0.2) is 30.0 Å². The lowest BCUT2D eigenvalue weighted by Gasteiger charge is -2.01. The summed E-state index contributed by atoms with van der Waals surface area (Å²) in [5.74, 6) is 1.14. The zero-order chi connectivity index (χ0) is 10.3. The average Bonchev–Trinajstić information content (AvgIpc) is 2.82. The number of allylic oxidation sites excluding steroid dienone is 1. The van der Waals surface area contributed by atoms with E-state index < -0.39 is 0 Å². The summed E-state index contributed by atoms with van der Waals surface area (Å²) in [6.45, 7) is 0.703. The van der Waals surface area contributed by atoms with Crippen molar-refractivity contribution < 1.29 is 14.3 Å². The summed E-state index contributed by atoms with van der Waals surface area (Å²) >= 11 is 0. The molecule has 0 aliphatic carbocycles. The molecule has 76 valence electrons. The van der Waals surface area contributed by atoms with Gasteiger partial charge in [0.15, 0.2) is 0 Å². The van der Waals surface area contributed by atoms with E-state index in [1.807, 2.05) is 18.2 Å². The number of carbonyl (C=O) groups excluding carboxylic acids is 1. The minimum Gasteiger partial charge on any atom is -0.497 e. The molecule has 3 rings (SSSR count). The van der Waals surface area contributed by atoms with E-state index in [1.165, 1.54) is 0 Å². The van der Waals surface area contributed by atoms with E-state index >= 15 is 0 Å². The molecule has 1 aromatic rings. The van der Waals surface area contributed by atoms with E-state index in [1.54, 1.807) is 6.07 Å². The van der Waals surface area contributed by atoms with Gasteiger partial charge in [0.05, 0.1) is 6.61 Å². The van der Waals surface area contributed by atoms with Gasteiger partial charge in [-0.1, -0.05) is 18.2 Å². The molecule has 3 nitrogen and oxygen atoms in total. The number of carbonyl (C=O) groups is 1. The van der Waals surface area contributed by atoms with Gasteiger partial charge in [0.2, 0.25) is 0 Å². The molecule has 0 amide bonds. The molecule has 0 radical (unpaired) electrons. The van der Waals surface area contributed by atoms with E-state index in [0.29, 0.717) is 17.9 Å². The molecule has 0 spiro atoms. The van der Waals surface area contributed by atoms with E-state index in [2.05, 4.69) is 0 Å². The number of benzene rings is 1. The van der Waals surface area contributed by atoms with E-state index in [0.717, 1.165) is 24.2 Å². The third-order valence-electron chi connectivity index (χ3n) is 2.67. The van der Waals surface area contributed by atoms with Gasteiger partial charge in [0.25, 0.3) is 0 Å². The van der Waals surface area contributed by atoms with Crippen LogP contribution in [-0.2, 0) is 9.53 Å². The second-order valence-electron chi connectivity index (χ2n) is 3.64. The molecule has 15 heavy (non-hydrogen) atoms. The molecule has 0 atom stereocenters. The Hall–Kier alpha value is -1.77. The van der Waals surface area contributed by atoms with Gasteiger partial charge in [-0.05, 0) is 12.5 Å². The standard InChI is InChI=1S/C12H10O3/c13-12-11(10-6-3-7-14-10)8-4-1-2-5-9(8)15-12/h1-2,4-5H,3,6-7H2/b11-10+. The van der Waals surface area contributed by atoms with E-state index in [9.17, 15) is 4.79 Å². The van der Waals surface area contributed by atoms with Crippen molar-refractivity contribution in [2.24, 2.45) is 0 Å². The quantitative estimate of drug-likeness (QED) is 0.367. The highest BCUT2D eigenvalue weighted by atomic mass is 16.5. The molecule has 1 fully saturated rings. The first-order valence-corrected chi connectivity index (χ1v) is 5.04. The smallest absolute Gasteiger partial charge is 0.347 e. The maximum Gasteiger partial charge on any atom is 0.347 e. The predicted octanol–water partition coefficient (Wildman–Crippen LogP) is 2.13. The largest absolute Gasteiger partial charge is 0.497 e. The van der Waals surface area contributed by atoms with Gasteiger partial charge in [-0.2, -0.15) is 0 Å². The van der Waals surface area contributed by atoms with E-state index in [4.69, 9.17) is 9.47 Å². The predicted molar refractivity (Wildman–Crippen MR) is 54.2 cm³/mol. The maximum atomic E-state index is 11.7. The summed E-state index contributed by atoms with van der Waals surface area (Å²) in [5, 5.41) is 0. The van der Waals surface area contributed by atoms with Gasteiger partial charge in [0, 0.05) is 12.0 Å². The lowest BCUT2D eigenvalue weighted by atomic mass is 10.1. The Morgan fingerprint density at radius 3 is 2.87 bits per heavy atom. The summed E-state index contributed by atoms with van der Waals surface area (Å²) in [5.41, 5.74) is 1.47. The number of para-hydroxylation sites is 1. The fourth-order valence-corrected chi connectivity index (χ4v) is 1.98. The molecule has 1 aromatic carbocycles. The molecule has 1 saturated heterocycles. The summed E-state index contributed by atoms with van der Waals surface area (Å²) in [7, 11) is 0. The van der Waals surface area contributed by atoms with Crippen molar-refractivity contribution in [3.63, 3.8) is 0 Å². The van der Waals surface area contributed by atoms with Crippen LogP contribution in [-0.4, -0.2) is 12.6 Å². The summed E-state index contributed by atoms with van der Waals surface area (Å²) in [6, 6.07) is 7.45. The number of hydrogen-bond donors (Lipinski definition) is 0. The summed E-state index contributed by atoms with van der Waals surface area (Å²) < 4.78 is 10.6. The van der Waals surface area contributed by atoms with Crippen LogP contribution in [0, 0.1) is 0 Å². The molecule has 0 bridgehead atoms. The molecule has 2 aliphatic heterocycles. The number of fused-ring (bicyclic) bond motifs is 1. The van der Waals surface area contributed by atoms with Crippen LogP contribution >= 0.6 is 0 Å². The maximum absolute atomic E-state index is 11.7. The zero-order valence-electron chi connectivity index (χ0n) is 8.16. The highest BCUT2D eigenvalue weighted by molar-refractivity contribution is 6.22. The molecule has 0 saturated carbocycles. The first kappa shape index (κ1) is 8.53. The molecule has 2 heterocycles. The average molecular weight is 202 g/mol. The third-order valence-corrected chi connectivity index (χ3v) is 2.67. The molecular weight excluding hydrogens is 192 g/mol. The Morgan fingerprint density at radius 2 is 2.07 bits per heavy atom. The summed E-state index contributed by atoms with van der Waals surface area (Å²) in [4.78, 5) is 11.7. The lowest BCUT2D eigenvalue weighted by Crippen LogP contribution is -2.03. The monoisotopic (exact) mass is 202 g/mol. The summed E-state index contributed by atoms with van der Waals surface area (Å²) in [6.07, 6.45) is 1.81. The molecular formula is C12H10O3. The number of rotatable bonds is 0. The minimum absolute atomic E-state index is 0.284. The third kappa shape index (κ3) is 1.23. The van der Waals surface area contributed by atoms with Crippen LogP contribution in [0.2, 0.25) is 0 Å². The highest BCUT2D eigenvalue weighted by Gasteiger charge is 2.31. The van der Waals surface area contributed by atoms with Gasteiger partial charge >= 0.3 is 5.97 Å². The topological polar surface area (TPSA) is 35.5 Å². The van der Waals surface area contributed by atoms with Crippen molar-refractivity contribution >= 4 is 11.5 Å². The molecule has 0 aromatic heterocycles. The van der Waals surface area contributed by atoms with Gasteiger partial charge in [-0.25, -0.2) is 4.79 Å². The second kappa shape index (κ2) is 3.12. The number of hydrogen-bond acceptors (Lipinski definition) is 3. The molecule has 3 heteroatoms. The first-order chi connectivity index (χ1) is 7.36. The molecule has 0 N–H and O–H groups in total. The van der Waals surface area contributed by atoms with Gasteiger partial charge in [-0.15, -0.1) is 0 Å². The number of ether oxygens (including phenoxy) is 2. The van der Waals surface area contributed by atoms with Gasteiger partial charge in [0.1, 0.15) is 17.1 Å². The van der Waals surface area contributed by atoms with Gasteiger partial charge < -0.3 is 9.47 Å². The second-order valence-corrected chi connectivity index (χ2v) is 3.64. The van der Waals surface area contributed by atoms with Crippen molar-refractivity contribution in [1.82, 2.24) is 0 Å². The Labute approximate surface area is 87.3 Å². The van der Waals surface area contributed by atoms with E-state index in [-0.39, 0.29) is 5.97 Å². The van der Waals surface area contributed by atoms with Gasteiger partial charge in [-0.3, -0.25) is 0 Å². The Bertz CT molecular complexity index is 452. The fraction of sp³-hybridized carbons (Fsp3) is 0.250. The number of esters is 1. The SMILES string of the molecule is O=C1Oc2ccccc2/C1=C1/CCCO1. The van der Waals surface area contributed by atoms with Crippen LogP contribution in [0.5, 0.6) is 5.75 Å². The molecule has 0 unspecified atom stereocenters. The van der Waals surface area contributed by atoms with Crippen molar-refractivity contribution in [2.75, 3.05) is 6.61 Å². The van der Waals surface area contributed by atoms with Crippen LogP contribution < -0.4 is 4.74 Å². The highest BCUT2D eigenvalue weighted by Crippen LogP contribution is 2.38. The lowest BCUT2D eigenvalue weighted by molar-refractivity contribution is -0.127. The Morgan fingerprint density at radius 1 is 1.20 bits per heavy atom. The van der Waals surface area contributed by atoms with Crippen LogP contribution in [0.25, 0.3) is 5.57 Å². The molecule has 2 aliphatic rings. The van der Waals surface area contributed by atoms with Crippen LogP contribution in [0.3, 0.4) is 0 Å². The van der Waals surface area contributed by atoms with Crippen molar-refractivity contribution in [3.05, 3.63) is 35.6 Å². The zero-order valence-corrected chi connectivity index (χ0v) is 8.16. The minimum atomic E-state index is -0.284. The Balaban J connectivity index is 2.17. The van der Waals surface area contributed by atoms with Crippen LogP contribution in [0.1, 0.15) is 18.4 Å². The first-order valence-electron chi connectivity index (χ1n) is 5.04. The van der Waals surface area contributed by atoms with Crippen LogP contribution in [0.4, 0.5) is 0 Å². The van der Waals surface area contributed by atoms with Crippen molar-refractivity contribution in [3.8, 4) is 5.75 Å². The van der Waals surface area contributed by atoms with Crippen molar-refractivity contribution in [2.45, 2.75) is 12.8 Å². The normalized spacial score (nSPS) is 23.6. The fourth-order valence-electron chi connectivity index (χ4n) is 1.98. The van der Waals surface area contributed by atoms with Crippen molar-refractivity contribution in [1.29, 1.82) is 0 Å². The Kier molecular flexibility index (Phi) is 1.78.